The minimum atomic E-state index is -0.319. The fourth-order valence-electron chi connectivity index (χ4n) is 16.1. The number of rotatable bonds is 3. The van der Waals surface area contributed by atoms with Gasteiger partial charge in [-0.15, -0.1) is 0 Å². The number of carbonyl (C=O) groups excluding carboxylic acids is 1. The Morgan fingerprint density at radius 3 is 1.69 bits per heavy atom. The van der Waals surface area contributed by atoms with Crippen LogP contribution in [0.15, 0.2) is 115 Å². The number of allylic oxidation sites excluding steroid dienone is 6. The third-order valence-electron chi connectivity index (χ3n) is 19.6. The zero-order valence-corrected chi connectivity index (χ0v) is 38.8. The van der Waals surface area contributed by atoms with Crippen molar-refractivity contribution in [3.8, 4) is 0 Å². The molecule has 5 aromatic rings. The van der Waals surface area contributed by atoms with Crippen LogP contribution in [-0.4, -0.2) is 52.1 Å². The summed E-state index contributed by atoms with van der Waals surface area (Å²) in [4.78, 5) is 25.8. The summed E-state index contributed by atoms with van der Waals surface area (Å²) >= 11 is 0. The van der Waals surface area contributed by atoms with E-state index in [0.29, 0.717) is 23.2 Å². The van der Waals surface area contributed by atoms with Crippen LogP contribution in [0.25, 0.3) is 33.5 Å². The van der Waals surface area contributed by atoms with Gasteiger partial charge in [0.15, 0.2) is 0 Å². The number of nitrogens with zero attached hydrogens (tertiary/aromatic N) is 6. The van der Waals surface area contributed by atoms with Gasteiger partial charge in [0.25, 0.3) is 0 Å². The van der Waals surface area contributed by atoms with Crippen LogP contribution in [0.3, 0.4) is 0 Å². The molecule has 0 saturated heterocycles. The highest BCUT2D eigenvalue weighted by Gasteiger charge is 2.59. The molecule has 338 valence electrons. The molecule has 8 aliphatic rings. The third kappa shape index (κ3) is 6.33. The molecule has 3 aromatic heterocycles. The van der Waals surface area contributed by atoms with Gasteiger partial charge in [0.2, 0.25) is 0 Å². The highest BCUT2D eigenvalue weighted by Crippen LogP contribution is 2.67. The molecule has 2 aromatic carbocycles. The van der Waals surface area contributed by atoms with Crippen LogP contribution >= 0.6 is 0 Å². The number of para-hydroxylation sites is 4. The SMILES string of the molecule is C[C@]12CC[C@H](O)CC1=CCC1C2CC[C@]2(C)C(n3cnc4ccccc43)=CCC12.C[C@]12CC[C@H](OC(=O)n3ccnc3)CC1=CCC1C2CC[C@]2(C)C(n3cnc4ccccc43)=CCC12. The Balaban J connectivity index is 0.000000140. The Bertz CT molecular complexity index is 2790. The minimum absolute atomic E-state index is 0.0427. The normalized spacial score (nSPS) is 38.0. The lowest BCUT2D eigenvalue weighted by atomic mass is 9.47. The molecular formula is C56H66N6O3. The van der Waals surface area contributed by atoms with Crippen molar-refractivity contribution in [3.05, 3.63) is 115 Å². The van der Waals surface area contributed by atoms with Gasteiger partial charge in [-0.2, -0.15) is 0 Å². The van der Waals surface area contributed by atoms with Crippen LogP contribution in [-0.2, 0) is 4.74 Å². The number of aliphatic hydroxyl groups excluding tert-OH is 1. The van der Waals surface area contributed by atoms with E-state index in [-0.39, 0.29) is 34.5 Å². The molecule has 0 amide bonds. The Morgan fingerprint density at radius 2 is 1.14 bits per heavy atom. The summed E-state index contributed by atoms with van der Waals surface area (Å²) in [5.74, 6) is 4.33. The van der Waals surface area contributed by atoms with Crippen LogP contribution in [0.5, 0.6) is 0 Å². The maximum absolute atomic E-state index is 12.5. The minimum Gasteiger partial charge on any atom is -0.445 e. The second kappa shape index (κ2) is 15.3. The molecule has 0 bridgehead atoms. The van der Waals surface area contributed by atoms with E-state index < -0.39 is 0 Å². The van der Waals surface area contributed by atoms with E-state index in [2.05, 4.69) is 120 Å². The van der Waals surface area contributed by atoms with Crippen molar-refractivity contribution >= 4 is 39.6 Å². The van der Waals surface area contributed by atoms with Crippen molar-refractivity contribution in [2.24, 2.45) is 57.2 Å². The largest absolute Gasteiger partial charge is 0.445 e. The molecule has 6 unspecified atom stereocenters. The van der Waals surface area contributed by atoms with Gasteiger partial charge in [0.05, 0.1) is 28.2 Å². The Hall–Kier alpha value is -5.02. The standard InChI is InChI=1S/C30H34N4O2.C26H32N2O/c1-29-13-11-21(36-28(35)33-16-15-31-18-33)17-20(29)7-8-22-23-9-10-27(30(23,2)14-12-24(22)29)34-19-32-25-5-3-4-6-26(25)34;1-25-13-11-18(29)15-17(25)7-8-19-20-9-10-24(26(20,2)14-12-21(19)25)28-16-27-22-5-3-4-6-23(22)28/h3-7,10,15-16,18-19,21-24H,8-9,11-14,17H2,1-2H3;3-7,10,16,18-21,29H,8-9,11-15H2,1-2H3/t21-,22?,23?,24?,29-,30-;18-,19?,20?,21?,25-,26-/m00/s1. The average molecular weight is 871 g/mol. The van der Waals surface area contributed by atoms with Crippen molar-refractivity contribution in [1.29, 1.82) is 0 Å². The first-order valence-electron chi connectivity index (χ1n) is 25.0. The van der Waals surface area contributed by atoms with E-state index in [1.54, 1.807) is 18.0 Å². The number of aliphatic hydroxyl groups is 1. The van der Waals surface area contributed by atoms with E-state index in [0.717, 1.165) is 80.2 Å². The lowest BCUT2D eigenvalue weighted by Crippen LogP contribution is -2.50. The van der Waals surface area contributed by atoms with Crippen molar-refractivity contribution in [2.45, 2.75) is 130 Å². The molecular weight excluding hydrogens is 805 g/mol. The number of hydrogen-bond acceptors (Lipinski definition) is 6. The molecule has 4 fully saturated rings. The lowest BCUT2D eigenvalue weighted by Gasteiger charge is -2.57. The van der Waals surface area contributed by atoms with Gasteiger partial charge in [-0.25, -0.2) is 24.3 Å². The topological polar surface area (TPSA) is 100.0 Å². The van der Waals surface area contributed by atoms with Gasteiger partial charge in [0.1, 0.15) is 25.1 Å². The highest BCUT2D eigenvalue weighted by atomic mass is 16.6. The predicted octanol–water partition coefficient (Wildman–Crippen LogP) is 12.5. The van der Waals surface area contributed by atoms with Gasteiger partial charge in [-0.3, -0.25) is 0 Å². The number of ether oxygens (including phenoxy) is 1. The Labute approximate surface area is 383 Å². The van der Waals surface area contributed by atoms with Crippen molar-refractivity contribution in [2.75, 3.05) is 0 Å². The number of imidazole rings is 3. The van der Waals surface area contributed by atoms with Gasteiger partial charge in [-0.1, -0.05) is 87.4 Å². The molecule has 13 rings (SSSR count). The van der Waals surface area contributed by atoms with E-state index in [9.17, 15) is 9.90 Å². The first kappa shape index (κ1) is 41.4. The van der Waals surface area contributed by atoms with Crippen LogP contribution in [0.1, 0.15) is 118 Å². The molecule has 9 nitrogen and oxygen atoms in total. The summed E-state index contributed by atoms with van der Waals surface area (Å²) in [5, 5.41) is 10.2. The summed E-state index contributed by atoms with van der Waals surface area (Å²) in [6.45, 7) is 10.0. The number of hydrogen-bond donors (Lipinski definition) is 1. The molecule has 0 spiro atoms. The summed E-state index contributed by atoms with van der Waals surface area (Å²) in [6.07, 6.45) is 34.1. The van der Waals surface area contributed by atoms with Crippen LogP contribution < -0.4 is 0 Å². The van der Waals surface area contributed by atoms with Gasteiger partial charge < -0.3 is 19.0 Å². The van der Waals surface area contributed by atoms with Gasteiger partial charge >= 0.3 is 6.09 Å². The molecule has 0 radical (unpaired) electrons. The third-order valence-corrected chi connectivity index (χ3v) is 19.6. The fourth-order valence-corrected chi connectivity index (χ4v) is 16.1. The average Bonchev–Trinajstić information content (AvgIpc) is 4.17. The van der Waals surface area contributed by atoms with E-state index in [4.69, 9.17) is 9.72 Å². The first-order valence-corrected chi connectivity index (χ1v) is 25.0. The second-order valence-corrected chi connectivity index (χ2v) is 22.4. The zero-order chi connectivity index (χ0) is 44.3. The molecule has 8 aliphatic carbocycles. The molecule has 9 heteroatoms. The fraction of sp³-hybridized carbons (Fsp3) is 0.536. The Kier molecular flexibility index (Phi) is 9.72. The number of aromatic nitrogens is 6. The number of benzene rings is 2. The first-order chi connectivity index (χ1) is 31.5. The summed E-state index contributed by atoms with van der Waals surface area (Å²) < 4.78 is 12.0. The van der Waals surface area contributed by atoms with Gasteiger partial charge in [0, 0.05) is 41.0 Å². The smallest absolute Gasteiger partial charge is 0.419 e. The predicted molar refractivity (Wildman–Crippen MR) is 256 cm³/mol. The van der Waals surface area contributed by atoms with Crippen LogP contribution in [0.4, 0.5) is 4.79 Å². The molecule has 1 N–H and O–H groups in total. The second-order valence-electron chi connectivity index (χ2n) is 22.4. The van der Waals surface area contributed by atoms with Crippen LogP contribution in [0, 0.1) is 57.2 Å². The maximum atomic E-state index is 12.5. The maximum Gasteiger partial charge on any atom is 0.419 e. The number of carbonyl (C=O) groups is 1. The summed E-state index contributed by atoms with van der Waals surface area (Å²) in [7, 11) is 0. The van der Waals surface area contributed by atoms with Crippen molar-refractivity contribution in [3.63, 3.8) is 0 Å². The highest BCUT2D eigenvalue weighted by molar-refractivity contribution is 5.81. The number of fused-ring (bicyclic) bond motifs is 12. The monoisotopic (exact) mass is 871 g/mol. The molecule has 3 heterocycles. The molecule has 0 aliphatic heterocycles. The van der Waals surface area contributed by atoms with Gasteiger partial charge in [-0.05, 0) is 154 Å². The Morgan fingerprint density at radius 1 is 0.615 bits per heavy atom. The molecule has 4 saturated carbocycles. The zero-order valence-electron chi connectivity index (χ0n) is 38.8. The summed E-state index contributed by atoms with van der Waals surface area (Å²) in [5.41, 5.74) is 11.6. The van der Waals surface area contributed by atoms with E-state index >= 15 is 0 Å². The molecule has 65 heavy (non-hydrogen) atoms. The lowest BCUT2D eigenvalue weighted by molar-refractivity contribution is -0.0271. The molecule has 12 atom stereocenters. The van der Waals surface area contributed by atoms with Crippen molar-refractivity contribution in [1.82, 2.24) is 28.7 Å². The summed E-state index contributed by atoms with van der Waals surface area (Å²) in [6, 6.07) is 17.0. The van der Waals surface area contributed by atoms with E-state index in [1.165, 1.54) is 77.4 Å². The quantitative estimate of drug-likeness (QED) is 0.181. The van der Waals surface area contributed by atoms with E-state index in [1.807, 2.05) is 12.7 Å². The van der Waals surface area contributed by atoms with Crippen LogP contribution in [0.2, 0.25) is 0 Å². The van der Waals surface area contributed by atoms with Crippen molar-refractivity contribution < 1.29 is 14.6 Å².